The van der Waals surface area contributed by atoms with Crippen molar-refractivity contribution in [1.29, 1.82) is 0 Å². The molecule has 0 unspecified atom stereocenters. The van der Waals surface area contributed by atoms with Gasteiger partial charge in [-0.25, -0.2) is 19.0 Å². The number of halogens is 1. The maximum absolute atomic E-state index is 15.2. The summed E-state index contributed by atoms with van der Waals surface area (Å²) < 4.78 is 22.8. The molecule has 0 atom stereocenters. The van der Waals surface area contributed by atoms with E-state index in [1.165, 1.54) is 12.4 Å². The van der Waals surface area contributed by atoms with Crippen molar-refractivity contribution in [2.24, 2.45) is 0 Å². The van der Waals surface area contributed by atoms with Crippen LogP contribution in [0.4, 0.5) is 10.2 Å². The van der Waals surface area contributed by atoms with Crippen LogP contribution < -0.4 is 10.5 Å². The molecule has 3 heterocycles. The van der Waals surface area contributed by atoms with Crippen molar-refractivity contribution < 1.29 is 9.13 Å². The first kappa shape index (κ1) is 19.4. The molecule has 1 aliphatic rings. The van der Waals surface area contributed by atoms with Gasteiger partial charge in [0.05, 0.1) is 11.4 Å². The van der Waals surface area contributed by atoms with E-state index in [0.717, 1.165) is 25.9 Å². The summed E-state index contributed by atoms with van der Waals surface area (Å²) in [6, 6.07) is 14.2. The normalized spacial score (nSPS) is 15.4. The minimum Gasteiger partial charge on any atom is -0.457 e. The van der Waals surface area contributed by atoms with Crippen molar-refractivity contribution in [3.8, 4) is 22.8 Å². The molecule has 0 spiro atoms. The summed E-state index contributed by atoms with van der Waals surface area (Å²) in [6.07, 6.45) is 3.33. The van der Waals surface area contributed by atoms with Crippen LogP contribution >= 0.6 is 0 Å². The highest BCUT2D eigenvalue weighted by Crippen LogP contribution is 2.36. The van der Waals surface area contributed by atoms with Crippen molar-refractivity contribution in [3.63, 3.8) is 0 Å². The van der Waals surface area contributed by atoms with E-state index in [1.807, 2.05) is 35.0 Å². The topological polar surface area (TPSA) is 82.1 Å². The van der Waals surface area contributed by atoms with Crippen LogP contribution in [0.3, 0.4) is 0 Å². The molecular formula is C23H23FN6O. The number of hydrogen-bond donors (Lipinski definition) is 1. The molecule has 1 aliphatic heterocycles. The van der Waals surface area contributed by atoms with Crippen LogP contribution in [-0.2, 0) is 0 Å². The van der Waals surface area contributed by atoms with Crippen molar-refractivity contribution in [2.45, 2.75) is 18.9 Å². The number of piperidine rings is 1. The predicted octanol–water partition coefficient (Wildman–Crippen LogP) is 4.27. The van der Waals surface area contributed by atoms with Crippen LogP contribution in [0.25, 0.3) is 22.3 Å². The van der Waals surface area contributed by atoms with E-state index in [0.29, 0.717) is 39.6 Å². The highest BCUT2D eigenvalue weighted by molar-refractivity contribution is 5.98. The summed E-state index contributed by atoms with van der Waals surface area (Å²) in [6.45, 7) is 1.95. The lowest BCUT2D eigenvalue weighted by Crippen LogP contribution is -2.31. The molecule has 0 saturated carbocycles. The Morgan fingerprint density at radius 3 is 2.55 bits per heavy atom. The number of rotatable bonds is 4. The number of ether oxygens (including phenoxy) is 1. The third-order valence-corrected chi connectivity index (χ3v) is 5.73. The fourth-order valence-corrected chi connectivity index (χ4v) is 4.05. The molecule has 2 aromatic heterocycles. The Bertz CT molecular complexity index is 1220. The molecule has 0 radical (unpaired) electrons. The Morgan fingerprint density at radius 2 is 1.81 bits per heavy atom. The van der Waals surface area contributed by atoms with E-state index in [2.05, 4.69) is 21.9 Å². The van der Waals surface area contributed by atoms with E-state index < -0.39 is 5.82 Å². The molecule has 0 bridgehead atoms. The molecule has 7 nitrogen and oxygen atoms in total. The van der Waals surface area contributed by atoms with Crippen LogP contribution in [0.1, 0.15) is 18.9 Å². The summed E-state index contributed by atoms with van der Waals surface area (Å²) in [4.78, 5) is 10.8. The quantitative estimate of drug-likeness (QED) is 0.533. The summed E-state index contributed by atoms with van der Waals surface area (Å²) in [5.74, 6) is 0.912. The number of para-hydroxylation sites is 1. The first-order chi connectivity index (χ1) is 15.1. The molecule has 8 heteroatoms. The summed E-state index contributed by atoms with van der Waals surface area (Å²) in [7, 11) is 2.11. The van der Waals surface area contributed by atoms with Gasteiger partial charge in [-0.15, -0.1) is 0 Å². The number of hydrogen-bond acceptors (Lipinski definition) is 6. The molecule has 0 aliphatic carbocycles. The minimum absolute atomic E-state index is 0.186. The van der Waals surface area contributed by atoms with Gasteiger partial charge in [-0.2, -0.15) is 5.10 Å². The fourth-order valence-electron chi connectivity index (χ4n) is 4.05. The van der Waals surface area contributed by atoms with Crippen molar-refractivity contribution in [2.75, 3.05) is 25.9 Å². The lowest BCUT2D eigenvalue weighted by molar-refractivity contribution is 0.215. The number of benzene rings is 2. The maximum Gasteiger partial charge on any atom is 0.164 e. The molecule has 2 N–H and O–H groups in total. The molecule has 1 fully saturated rings. The van der Waals surface area contributed by atoms with Gasteiger partial charge in [0.15, 0.2) is 5.65 Å². The zero-order valence-corrected chi connectivity index (χ0v) is 17.2. The van der Waals surface area contributed by atoms with Gasteiger partial charge in [-0.05, 0) is 57.2 Å². The second-order valence-corrected chi connectivity index (χ2v) is 7.84. The number of likely N-dealkylation sites (tertiary alicyclic amines) is 1. The highest BCUT2D eigenvalue weighted by Gasteiger charge is 2.26. The molecule has 5 rings (SSSR count). The number of fused-ring (bicyclic) bond motifs is 1. The van der Waals surface area contributed by atoms with Crippen molar-refractivity contribution in [3.05, 3.63) is 60.7 Å². The Hall–Kier alpha value is -3.52. The Morgan fingerprint density at radius 1 is 1.03 bits per heavy atom. The van der Waals surface area contributed by atoms with Crippen molar-refractivity contribution in [1.82, 2.24) is 24.6 Å². The maximum atomic E-state index is 15.2. The SMILES string of the molecule is CN1CCC(n2nc(-c3ccc(Oc4ccccc4)cc3F)c3c(N)ncnc32)CC1. The molecule has 0 amide bonds. The van der Waals surface area contributed by atoms with Gasteiger partial charge < -0.3 is 15.4 Å². The average Bonchev–Trinajstić information content (AvgIpc) is 3.16. The second-order valence-electron chi connectivity index (χ2n) is 7.84. The zero-order chi connectivity index (χ0) is 21.4. The molecule has 2 aromatic carbocycles. The van der Waals surface area contributed by atoms with Gasteiger partial charge in [0.1, 0.15) is 35.2 Å². The first-order valence-corrected chi connectivity index (χ1v) is 10.3. The largest absolute Gasteiger partial charge is 0.457 e. The Labute approximate surface area is 179 Å². The van der Waals surface area contributed by atoms with Crippen LogP contribution in [0.5, 0.6) is 11.5 Å². The third-order valence-electron chi connectivity index (χ3n) is 5.73. The van der Waals surface area contributed by atoms with Gasteiger partial charge in [-0.3, -0.25) is 0 Å². The predicted molar refractivity (Wildman–Crippen MR) is 117 cm³/mol. The van der Waals surface area contributed by atoms with E-state index in [4.69, 9.17) is 15.6 Å². The first-order valence-electron chi connectivity index (χ1n) is 10.3. The highest BCUT2D eigenvalue weighted by atomic mass is 19.1. The van der Waals surface area contributed by atoms with Gasteiger partial charge in [0.25, 0.3) is 0 Å². The van der Waals surface area contributed by atoms with E-state index in [1.54, 1.807) is 12.1 Å². The molecule has 4 aromatic rings. The van der Waals surface area contributed by atoms with E-state index >= 15 is 4.39 Å². The summed E-state index contributed by atoms with van der Waals surface area (Å²) in [5.41, 5.74) is 7.62. The monoisotopic (exact) mass is 418 g/mol. The van der Waals surface area contributed by atoms with E-state index in [9.17, 15) is 0 Å². The number of nitrogens with two attached hydrogens (primary N) is 1. The zero-order valence-electron chi connectivity index (χ0n) is 17.2. The number of aromatic nitrogens is 4. The smallest absolute Gasteiger partial charge is 0.164 e. The van der Waals surface area contributed by atoms with Crippen LogP contribution in [0, 0.1) is 5.82 Å². The van der Waals surface area contributed by atoms with Crippen LogP contribution in [0.2, 0.25) is 0 Å². The summed E-state index contributed by atoms with van der Waals surface area (Å²) in [5, 5.41) is 5.36. The van der Waals surface area contributed by atoms with Crippen LogP contribution in [0.15, 0.2) is 54.9 Å². The standard InChI is InChI=1S/C23H23FN6O/c1-29-11-9-15(10-12-29)30-23-20(22(25)26-14-27-23)21(28-30)18-8-7-17(13-19(18)24)31-16-5-3-2-4-6-16/h2-8,13-15H,9-12H2,1H3,(H2,25,26,27). The van der Waals surface area contributed by atoms with Gasteiger partial charge >= 0.3 is 0 Å². The Balaban J connectivity index is 1.55. The second kappa shape index (κ2) is 7.96. The number of anilines is 1. The lowest BCUT2D eigenvalue weighted by Gasteiger charge is -2.29. The molecule has 31 heavy (non-hydrogen) atoms. The average molecular weight is 418 g/mol. The van der Waals surface area contributed by atoms with Gasteiger partial charge in [0, 0.05) is 11.6 Å². The molecular weight excluding hydrogens is 395 g/mol. The number of nitrogen functional groups attached to an aromatic ring is 1. The van der Waals surface area contributed by atoms with Gasteiger partial charge in [-0.1, -0.05) is 18.2 Å². The minimum atomic E-state index is -0.438. The lowest BCUT2D eigenvalue weighted by atomic mass is 10.1. The Kier molecular flexibility index (Phi) is 4.99. The van der Waals surface area contributed by atoms with Crippen LogP contribution in [-0.4, -0.2) is 44.8 Å². The fraction of sp³-hybridized carbons (Fsp3) is 0.261. The summed E-state index contributed by atoms with van der Waals surface area (Å²) >= 11 is 0. The van der Waals surface area contributed by atoms with Crippen molar-refractivity contribution >= 4 is 16.9 Å². The molecule has 1 saturated heterocycles. The van der Waals surface area contributed by atoms with Gasteiger partial charge in [0.2, 0.25) is 0 Å². The molecule has 158 valence electrons. The number of nitrogens with zero attached hydrogens (tertiary/aromatic N) is 5. The third kappa shape index (κ3) is 3.70. The van der Waals surface area contributed by atoms with E-state index in [-0.39, 0.29) is 6.04 Å².